The number of fused-ring (bicyclic) bond motifs is 2. The molecule has 2 fully saturated rings. The summed E-state index contributed by atoms with van der Waals surface area (Å²) in [4.78, 5) is 0.439. The van der Waals surface area contributed by atoms with Gasteiger partial charge in [-0.25, -0.2) is 8.42 Å². The fourth-order valence-electron chi connectivity index (χ4n) is 2.97. The molecule has 3 nitrogen and oxygen atoms in total. The van der Waals surface area contributed by atoms with E-state index in [-0.39, 0.29) is 12.1 Å². The molecule has 3 rings (SSSR count). The van der Waals surface area contributed by atoms with Crippen molar-refractivity contribution in [3.63, 3.8) is 0 Å². The molecular formula is C12H15NO2S. The summed E-state index contributed by atoms with van der Waals surface area (Å²) >= 11 is 0. The van der Waals surface area contributed by atoms with Crippen molar-refractivity contribution in [1.82, 2.24) is 4.31 Å². The first-order chi connectivity index (χ1) is 7.69. The van der Waals surface area contributed by atoms with E-state index in [1.807, 2.05) is 6.07 Å². The molecule has 0 saturated carbocycles. The predicted octanol–water partition coefficient (Wildman–Crippen LogP) is 2.00. The van der Waals surface area contributed by atoms with Crippen molar-refractivity contribution in [2.75, 3.05) is 0 Å². The molecule has 0 N–H and O–H groups in total. The summed E-state index contributed by atoms with van der Waals surface area (Å²) in [5.41, 5.74) is 0. The summed E-state index contributed by atoms with van der Waals surface area (Å²) in [5.74, 6) is 0. The molecule has 86 valence electrons. The van der Waals surface area contributed by atoms with Crippen LogP contribution in [0.15, 0.2) is 35.2 Å². The van der Waals surface area contributed by atoms with Gasteiger partial charge in [-0.1, -0.05) is 18.2 Å². The van der Waals surface area contributed by atoms with E-state index >= 15 is 0 Å². The third-order valence-electron chi connectivity index (χ3n) is 3.70. The SMILES string of the molecule is O=S(=O)(c1ccccc1)N1C2CCC1CC2. The van der Waals surface area contributed by atoms with Crippen LogP contribution in [0.4, 0.5) is 0 Å². The van der Waals surface area contributed by atoms with E-state index in [1.54, 1.807) is 28.6 Å². The first-order valence-corrected chi connectivity index (χ1v) is 7.22. The van der Waals surface area contributed by atoms with Crippen molar-refractivity contribution in [2.45, 2.75) is 42.7 Å². The molecule has 4 heteroatoms. The van der Waals surface area contributed by atoms with Gasteiger partial charge in [0.1, 0.15) is 0 Å². The number of nitrogens with zero attached hydrogens (tertiary/aromatic N) is 1. The average Bonchev–Trinajstić information content (AvgIpc) is 2.90. The molecule has 1 aromatic carbocycles. The van der Waals surface area contributed by atoms with E-state index in [9.17, 15) is 8.42 Å². The fraction of sp³-hybridized carbons (Fsp3) is 0.500. The van der Waals surface area contributed by atoms with Crippen LogP contribution in [0.2, 0.25) is 0 Å². The van der Waals surface area contributed by atoms with Gasteiger partial charge in [-0.3, -0.25) is 0 Å². The van der Waals surface area contributed by atoms with E-state index in [1.165, 1.54) is 0 Å². The van der Waals surface area contributed by atoms with Gasteiger partial charge < -0.3 is 0 Å². The Morgan fingerprint density at radius 1 is 0.938 bits per heavy atom. The maximum atomic E-state index is 12.4. The predicted molar refractivity (Wildman–Crippen MR) is 61.5 cm³/mol. The molecule has 2 aliphatic rings. The molecule has 0 unspecified atom stereocenters. The van der Waals surface area contributed by atoms with Crippen LogP contribution in [0, 0.1) is 0 Å². The highest BCUT2D eigenvalue weighted by Crippen LogP contribution is 2.41. The summed E-state index contributed by atoms with van der Waals surface area (Å²) in [6.07, 6.45) is 4.15. The zero-order valence-corrected chi connectivity index (χ0v) is 9.86. The molecule has 0 amide bonds. The molecule has 16 heavy (non-hydrogen) atoms. The third-order valence-corrected chi connectivity index (χ3v) is 5.72. The Hall–Kier alpha value is -0.870. The van der Waals surface area contributed by atoms with Crippen molar-refractivity contribution in [1.29, 1.82) is 0 Å². The van der Waals surface area contributed by atoms with Gasteiger partial charge in [0, 0.05) is 12.1 Å². The van der Waals surface area contributed by atoms with Crippen LogP contribution >= 0.6 is 0 Å². The number of sulfonamides is 1. The molecule has 2 bridgehead atoms. The van der Waals surface area contributed by atoms with Gasteiger partial charge in [0.2, 0.25) is 10.0 Å². The van der Waals surface area contributed by atoms with E-state index in [0.717, 1.165) is 25.7 Å². The van der Waals surface area contributed by atoms with Gasteiger partial charge in [-0.15, -0.1) is 0 Å². The highest BCUT2D eigenvalue weighted by molar-refractivity contribution is 7.89. The highest BCUT2D eigenvalue weighted by Gasteiger charge is 2.46. The average molecular weight is 237 g/mol. The molecule has 0 aliphatic carbocycles. The van der Waals surface area contributed by atoms with E-state index in [4.69, 9.17) is 0 Å². The first kappa shape index (κ1) is 10.3. The standard InChI is InChI=1S/C12H15NO2S/c14-16(15,12-4-2-1-3-5-12)13-10-6-7-11(13)9-8-10/h1-5,10-11H,6-9H2. The Morgan fingerprint density at radius 2 is 1.44 bits per heavy atom. The molecule has 2 heterocycles. The Kier molecular flexibility index (Phi) is 2.30. The van der Waals surface area contributed by atoms with E-state index in [0.29, 0.717) is 4.90 Å². The Morgan fingerprint density at radius 3 is 1.94 bits per heavy atom. The number of hydrogen-bond donors (Lipinski definition) is 0. The second-order valence-electron chi connectivity index (χ2n) is 4.61. The zero-order valence-electron chi connectivity index (χ0n) is 9.04. The smallest absolute Gasteiger partial charge is 0.207 e. The summed E-state index contributed by atoms with van der Waals surface area (Å²) < 4.78 is 26.6. The van der Waals surface area contributed by atoms with Crippen LogP contribution in [0.25, 0.3) is 0 Å². The minimum absolute atomic E-state index is 0.259. The van der Waals surface area contributed by atoms with Gasteiger partial charge in [0.15, 0.2) is 0 Å². The quantitative estimate of drug-likeness (QED) is 0.789. The fourth-order valence-corrected chi connectivity index (χ4v) is 4.92. The van der Waals surface area contributed by atoms with Crippen molar-refractivity contribution in [3.8, 4) is 0 Å². The molecule has 0 spiro atoms. The van der Waals surface area contributed by atoms with E-state index in [2.05, 4.69) is 0 Å². The third kappa shape index (κ3) is 1.40. The number of hydrogen-bond acceptors (Lipinski definition) is 2. The topological polar surface area (TPSA) is 37.4 Å². The van der Waals surface area contributed by atoms with E-state index < -0.39 is 10.0 Å². The summed E-state index contributed by atoms with van der Waals surface area (Å²) in [7, 11) is -3.24. The van der Waals surface area contributed by atoms with Gasteiger partial charge >= 0.3 is 0 Å². The van der Waals surface area contributed by atoms with Crippen molar-refractivity contribution < 1.29 is 8.42 Å². The molecular weight excluding hydrogens is 222 g/mol. The van der Waals surface area contributed by atoms with Crippen LogP contribution in [0.5, 0.6) is 0 Å². The van der Waals surface area contributed by atoms with Crippen LogP contribution in [-0.4, -0.2) is 24.8 Å². The largest absolute Gasteiger partial charge is 0.243 e. The molecule has 0 radical (unpaired) electrons. The lowest BCUT2D eigenvalue weighted by molar-refractivity contribution is 0.396. The molecule has 2 saturated heterocycles. The van der Waals surface area contributed by atoms with Crippen LogP contribution < -0.4 is 0 Å². The second kappa shape index (κ2) is 3.57. The number of benzene rings is 1. The van der Waals surface area contributed by atoms with Crippen LogP contribution in [-0.2, 0) is 10.0 Å². The van der Waals surface area contributed by atoms with Crippen molar-refractivity contribution in [2.24, 2.45) is 0 Å². The van der Waals surface area contributed by atoms with Crippen molar-refractivity contribution in [3.05, 3.63) is 30.3 Å². The van der Waals surface area contributed by atoms with Gasteiger partial charge in [-0.05, 0) is 37.8 Å². The monoisotopic (exact) mass is 237 g/mol. The summed E-state index contributed by atoms with van der Waals surface area (Å²) in [6.45, 7) is 0. The van der Waals surface area contributed by atoms with Gasteiger partial charge in [0.25, 0.3) is 0 Å². The van der Waals surface area contributed by atoms with Crippen LogP contribution in [0.1, 0.15) is 25.7 Å². The van der Waals surface area contributed by atoms with Gasteiger partial charge in [0.05, 0.1) is 4.90 Å². The maximum Gasteiger partial charge on any atom is 0.243 e. The minimum atomic E-state index is -3.24. The molecule has 0 aromatic heterocycles. The summed E-state index contributed by atoms with van der Waals surface area (Å²) in [6, 6.07) is 9.30. The Bertz CT molecular complexity index is 463. The zero-order chi connectivity index (χ0) is 11.2. The Balaban J connectivity index is 2.01. The van der Waals surface area contributed by atoms with Crippen molar-refractivity contribution >= 4 is 10.0 Å². The maximum absolute atomic E-state index is 12.4. The molecule has 2 aliphatic heterocycles. The number of rotatable bonds is 2. The summed E-state index contributed by atoms with van der Waals surface area (Å²) in [5, 5.41) is 0. The lowest BCUT2D eigenvalue weighted by Gasteiger charge is -2.21. The minimum Gasteiger partial charge on any atom is -0.207 e. The lowest BCUT2D eigenvalue weighted by Crippen LogP contribution is -2.35. The highest BCUT2D eigenvalue weighted by atomic mass is 32.2. The molecule has 1 aromatic rings. The van der Waals surface area contributed by atoms with Crippen LogP contribution in [0.3, 0.4) is 0 Å². The Labute approximate surface area is 96.1 Å². The molecule has 0 atom stereocenters. The normalized spacial score (nSPS) is 29.8. The van der Waals surface area contributed by atoms with Gasteiger partial charge in [-0.2, -0.15) is 4.31 Å². The first-order valence-electron chi connectivity index (χ1n) is 5.78. The lowest BCUT2D eigenvalue weighted by atomic mass is 10.0. The second-order valence-corrected chi connectivity index (χ2v) is 6.45.